The lowest BCUT2D eigenvalue weighted by molar-refractivity contribution is 0.332. The lowest BCUT2D eigenvalue weighted by atomic mass is 9.82. The maximum atomic E-state index is 9.49. The Kier molecular flexibility index (Phi) is 4.93. The minimum atomic E-state index is -0.751. The molecule has 2 heterocycles. The van der Waals surface area contributed by atoms with Crippen LogP contribution in [0.5, 0.6) is 5.75 Å². The molecule has 0 bridgehead atoms. The van der Waals surface area contributed by atoms with E-state index in [1.807, 2.05) is 25.4 Å². The quantitative estimate of drug-likeness (QED) is 0.670. The molecule has 0 unspecified atom stereocenters. The lowest BCUT2D eigenvalue weighted by Crippen LogP contribution is -2.08. The summed E-state index contributed by atoms with van der Waals surface area (Å²) < 4.78 is 10.8. The smallest absolute Gasteiger partial charge is 0.526 e. The first kappa shape index (κ1) is 16.0. The molecule has 0 spiro atoms. The first-order chi connectivity index (χ1) is 11.2. The van der Waals surface area contributed by atoms with E-state index in [1.54, 1.807) is 24.2 Å². The summed E-state index contributed by atoms with van der Waals surface area (Å²) in [5.74, 6) is 0.891. The van der Waals surface area contributed by atoms with Crippen LogP contribution in [0.2, 0.25) is 6.32 Å². The summed E-state index contributed by atoms with van der Waals surface area (Å²) in [6, 6.07) is 8.25. The van der Waals surface area contributed by atoms with Crippen LogP contribution >= 0.6 is 11.8 Å². The van der Waals surface area contributed by atoms with E-state index in [1.165, 1.54) is 0 Å². The van der Waals surface area contributed by atoms with Gasteiger partial charge in [-0.25, -0.2) is 0 Å². The molecule has 0 radical (unpaired) electrons. The Hall–Kier alpha value is -1.92. The standard InChI is InChI=1S/C17H18BNO3S/c1-3-21-16-7-12(4-5-17(16)23-2)13-6-14(10-19-9-13)15-8-18(20)22-11-15/h4-7,9-11,20H,3,8H2,1-2H3. The van der Waals surface area contributed by atoms with Crippen molar-refractivity contribution in [1.82, 2.24) is 4.98 Å². The van der Waals surface area contributed by atoms with Crippen LogP contribution in [0.15, 0.2) is 47.8 Å². The van der Waals surface area contributed by atoms with Gasteiger partial charge in [-0.3, -0.25) is 4.98 Å². The van der Waals surface area contributed by atoms with Crippen LogP contribution in [-0.4, -0.2) is 30.0 Å². The predicted molar refractivity (Wildman–Crippen MR) is 94.5 cm³/mol. The minimum Gasteiger partial charge on any atom is -0.542 e. The number of aromatic nitrogens is 1. The zero-order chi connectivity index (χ0) is 16.2. The number of nitrogens with zero attached hydrogens (tertiary/aromatic N) is 1. The van der Waals surface area contributed by atoms with Gasteiger partial charge in [0.25, 0.3) is 0 Å². The average Bonchev–Trinajstić information content (AvgIpc) is 3.02. The van der Waals surface area contributed by atoms with Crippen molar-refractivity contribution < 1.29 is 14.4 Å². The molecule has 0 saturated carbocycles. The first-order valence-corrected chi connectivity index (χ1v) is 8.73. The van der Waals surface area contributed by atoms with E-state index in [2.05, 4.69) is 23.2 Å². The topological polar surface area (TPSA) is 51.6 Å². The van der Waals surface area contributed by atoms with Crippen LogP contribution in [0.3, 0.4) is 0 Å². The van der Waals surface area contributed by atoms with Crippen LogP contribution < -0.4 is 4.74 Å². The number of allylic oxidation sites excluding steroid dienone is 1. The van der Waals surface area contributed by atoms with Crippen molar-refractivity contribution in [2.45, 2.75) is 18.1 Å². The fourth-order valence-corrected chi connectivity index (χ4v) is 3.05. The van der Waals surface area contributed by atoms with E-state index in [-0.39, 0.29) is 0 Å². The number of ether oxygens (including phenoxy) is 1. The van der Waals surface area contributed by atoms with Gasteiger partial charge in [0.05, 0.1) is 12.9 Å². The predicted octanol–water partition coefficient (Wildman–Crippen LogP) is 3.72. The van der Waals surface area contributed by atoms with Crippen LogP contribution in [0, 0.1) is 0 Å². The molecule has 2 aromatic rings. The number of benzene rings is 1. The van der Waals surface area contributed by atoms with Crippen molar-refractivity contribution in [3.8, 4) is 16.9 Å². The summed E-state index contributed by atoms with van der Waals surface area (Å²) in [5.41, 5.74) is 3.99. The highest BCUT2D eigenvalue weighted by molar-refractivity contribution is 7.98. The second-order valence-electron chi connectivity index (χ2n) is 5.20. The Labute approximate surface area is 140 Å². The fourth-order valence-electron chi connectivity index (χ4n) is 2.53. The summed E-state index contributed by atoms with van der Waals surface area (Å²) in [6.45, 7) is 2.62. The lowest BCUT2D eigenvalue weighted by Gasteiger charge is -2.11. The van der Waals surface area contributed by atoms with Crippen LogP contribution in [-0.2, 0) is 4.65 Å². The maximum absolute atomic E-state index is 9.49. The molecule has 3 rings (SSSR count). The van der Waals surface area contributed by atoms with Crippen molar-refractivity contribution >= 4 is 24.5 Å². The van der Waals surface area contributed by atoms with Gasteiger partial charge in [-0.2, -0.15) is 0 Å². The van der Waals surface area contributed by atoms with Crippen molar-refractivity contribution in [2.24, 2.45) is 0 Å². The summed E-state index contributed by atoms with van der Waals surface area (Å²) >= 11 is 1.67. The zero-order valence-electron chi connectivity index (χ0n) is 13.2. The van der Waals surface area contributed by atoms with Gasteiger partial charge >= 0.3 is 7.12 Å². The number of hydrogen-bond donors (Lipinski definition) is 1. The van der Waals surface area contributed by atoms with Gasteiger partial charge in [0.2, 0.25) is 0 Å². The molecule has 6 heteroatoms. The molecule has 23 heavy (non-hydrogen) atoms. The van der Waals surface area contributed by atoms with Gasteiger partial charge < -0.3 is 14.4 Å². The molecule has 118 valence electrons. The van der Waals surface area contributed by atoms with Gasteiger partial charge in [-0.1, -0.05) is 6.07 Å². The molecular formula is C17H18BNO3S. The molecule has 1 aliphatic rings. The molecule has 0 amide bonds. The third-order valence-corrected chi connectivity index (χ3v) is 4.44. The molecular weight excluding hydrogens is 309 g/mol. The van der Waals surface area contributed by atoms with Crippen molar-refractivity contribution in [1.29, 1.82) is 0 Å². The monoisotopic (exact) mass is 327 g/mol. The van der Waals surface area contributed by atoms with Crippen LogP contribution in [0.4, 0.5) is 0 Å². The highest BCUT2D eigenvalue weighted by Gasteiger charge is 2.24. The summed E-state index contributed by atoms with van der Waals surface area (Å²) in [6.07, 6.45) is 7.75. The van der Waals surface area contributed by atoms with Crippen molar-refractivity contribution in [3.63, 3.8) is 0 Å². The molecule has 1 aromatic heterocycles. The SMILES string of the molecule is CCOc1cc(-c2cncc(C3=COB(O)C3)c2)ccc1SC. The minimum absolute atomic E-state index is 0.487. The number of pyridine rings is 1. The molecule has 0 aliphatic carbocycles. The zero-order valence-corrected chi connectivity index (χ0v) is 14.0. The van der Waals surface area contributed by atoms with Gasteiger partial charge in [-0.15, -0.1) is 11.8 Å². The van der Waals surface area contributed by atoms with E-state index < -0.39 is 7.12 Å². The van der Waals surface area contributed by atoms with E-state index in [0.29, 0.717) is 12.9 Å². The van der Waals surface area contributed by atoms with E-state index in [4.69, 9.17) is 9.39 Å². The average molecular weight is 327 g/mol. The highest BCUT2D eigenvalue weighted by Crippen LogP contribution is 2.34. The van der Waals surface area contributed by atoms with Crippen molar-refractivity contribution in [3.05, 3.63) is 48.5 Å². The van der Waals surface area contributed by atoms with Crippen molar-refractivity contribution in [2.75, 3.05) is 12.9 Å². The number of hydrogen-bond acceptors (Lipinski definition) is 5. The Morgan fingerprint density at radius 3 is 2.78 bits per heavy atom. The van der Waals surface area contributed by atoms with Gasteiger partial charge in [-0.05, 0) is 48.1 Å². The Morgan fingerprint density at radius 2 is 2.09 bits per heavy atom. The Morgan fingerprint density at radius 1 is 1.26 bits per heavy atom. The largest absolute Gasteiger partial charge is 0.542 e. The van der Waals surface area contributed by atoms with E-state index in [9.17, 15) is 5.02 Å². The summed E-state index contributed by atoms with van der Waals surface area (Å²) in [5, 5.41) is 9.49. The number of rotatable bonds is 5. The molecule has 0 fully saturated rings. The summed E-state index contributed by atoms with van der Waals surface area (Å²) in [4.78, 5) is 5.44. The van der Waals surface area contributed by atoms with Crippen LogP contribution in [0.25, 0.3) is 16.7 Å². The molecule has 1 aliphatic heterocycles. The maximum Gasteiger partial charge on any atom is 0.526 e. The normalized spacial score (nSPS) is 13.7. The first-order valence-electron chi connectivity index (χ1n) is 7.50. The highest BCUT2D eigenvalue weighted by atomic mass is 32.2. The molecule has 1 aromatic carbocycles. The van der Waals surface area contributed by atoms with Gasteiger partial charge in [0.15, 0.2) is 0 Å². The molecule has 4 nitrogen and oxygen atoms in total. The third kappa shape index (κ3) is 3.54. The summed E-state index contributed by atoms with van der Waals surface area (Å²) in [7, 11) is -0.751. The third-order valence-electron chi connectivity index (χ3n) is 3.67. The Bertz CT molecular complexity index is 736. The van der Waals surface area contributed by atoms with Crippen LogP contribution in [0.1, 0.15) is 12.5 Å². The molecule has 0 atom stereocenters. The van der Waals surface area contributed by atoms with Gasteiger partial charge in [0.1, 0.15) is 5.75 Å². The second kappa shape index (κ2) is 7.11. The van der Waals surface area contributed by atoms with E-state index >= 15 is 0 Å². The van der Waals surface area contributed by atoms with E-state index in [0.717, 1.165) is 32.9 Å². The van der Waals surface area contributed by atoms with Gasteiger partial charge in [0, 0.05) is 29.2 Å². The molecule has 0 saturated heterocycles. The number of thioether (sulfide) groups is 1. The second-order valence-corrected chi connectivity index (χ2v) is 6.05. The Balaban J connectivity index is 1.94. The molecule has 1 N–H and O–H groups in total. The fraction of sp³-hybridized carbons (Fsp3) is 0.235.